The highest BCUT2D eigenvalue weighted by Gasteiger charge is 2.44. The standard InChI is InChI=1S/C26H39NO4S/c27-18-19-16-23(28)22(21(19)9-3-1-2-4-12-25(30)31)10-5-11-24(29)26(13-7-14-26)17-20-8-6-15-32-20/h6,8,15,19,21-24,28-29H,1-5,7,9-14,16-17H2,(H,30,31)/t19-,21-,22+,23+,24?/m0/s1. The molecule has 2 fully saturated rings. The number of carboxylic acid groups (broad SMARTS) is 1. The Morgan fingerprint density at radius 1 is 1.19 bits per heavy atom. The number of unbranched alkanes of at least 4 members (excludes halogenated alkanes) is 3. The van der Waals surface area contributed by atoms with E-state index in [9.17, 15) is 20.3 Å². The summed E-state index contributed by atoms with van der Waals surface area (Å²) < 4.78 is 0. The van der Waals surface area contributed by atoms with Crippen molar-refractivity contribution in [1.29, 1.82) is 5.26 Å². The number of aliphatic hydroxyl groups excluding tert-OH is 2. The van der Waals surface area contributed by atoms with Crippen molar-refractivity contribution < 1.29 is 20.1 Å². The van der Waals surface area contributed by atoms with Gasteiger partial charge in [0.1, 0.15) is 0 Å². The topological polar surface area (TPSA) is 102 Å². The normalized spacial score (nSPS) is 27.5. The molecule has 0 radical (unpaired) electrons. The van der Waals surface area contributed by atoms with Gasteiger partial charge < -0.3 is 15.3 Å². The minimum Gasteiger partial charge on any atom is -0.481 e. The zero-order valence-corrected chi connectivity index (χ0v) is 19.9. The van der Waals surface area contributed by atoms with Gasteiger partial charge in [0.25, 0.3) is 0 Å². The van der Waals surface area contributed by atoms with Gasteiger partial charge in [-0.2, -0.15) is 5.26 Å². The van der Waals surface area contributed by atoms with Crippen molar-refractivity contribution in [2.24, 2.45) is 23.2 Å². The molecule has 0 bridgehead atoms. The molecule has 5 atom stereocenters. The lowest BCUT2D eigenvalue weighted by atomic mass is 9.62. The fourth-order valence-corrected chi connectivity index (χ4v) is 6.91. The fraction of sp³-hybridized carbons (Fsp3) is 0.769. The van der Waals surface area contributed by atoms with Crippen molar-refractivity contribution in [3.05, 3.63) is 22.4 Å². The number of aliphatic carboxylic acids is 1. The predicted octanol–water partition coefficient (Wildman–Crippen LogP) is 5.55. The molecule has 1 unspecified atom stereocenters. The van der Waals surface area contributed by atoms with E-state index in [1.807, 2.05) is 0 Å². The van der Waals surface area contributed by atoms with E-state index in [-0.39, 0.29) is 35.7 Å². The highest BCUT2D eigenvalue weighted by atomic mass is 32.1. The van der Waals surface area contributed by atoms with E-state index in [0.29, 0.717) is 12.8 Å². The number of aliphatic hydroxyl groups is 2. The summed E-state index contributed by atoms with van der Waals surface area (Å²) in [7, 11) is 0. The molecule has 1 aromatic heterocycles. The van der Waals surface area contributed by atoms with Crippen LogP contribution >= 0.6 is 11.3 Å². The molecule has 0 saturated heterocycles. The Kier molecular flexibility index (Phi) is 9.58. The van der Waals surface area contributed by atoms with Gasteiger partial charge in [-0.1, -0.05) is 38.2 Å². The summed E-state index contributed by atoms with van der Waals surface area (Å²) in [5, 5.41) is 42.1. The lowest BCUT2D eigenvalue weighted by molar-refractivity contribution is -0.137. The van der Waals surface area contributed by atoms with Gasteiger partial charge in [-0.25, -0.2) is 0 Å². The Morgan fingerprint density at radius 2 is 1.94 bits per heavy atom. The van der Waals surface area contributed by atoms with Crippen molar-refractivity contribution in [3.8, 4) is 6.07 Å². The highest BCUT2D eigenvalue weighted by molar-refractivity contribution is 7.09. The fourth-order valence-electron chi connectivity index (χ4n) is 6.05. The molecule has 0 amide bonds. The molecule has 2 saturated carbocycles. The van der Waals surface area contributed by atoms with E-state index in [0.717, 1.165) is 64.2 Å². The van der Waals surface area contributed by atoms with E-state index in [2.05, 4.69) is 23.6 Å². The van der Waals surface area contributed by atoms with Gasteiger partial charge in [-0.05, 0) is 74.6 Å². The second kappa shape index (κ2) is 12.2. The average molecular weight is 462 g/mol. The molecule has 3 rings (SSSR count). The van der Waals surface area contributed by atoms with Gasteiger partial charge in [0.2, 0.25) is 0 Å². The van der Waals surface area contributed by atoms with E-state index >= 15 is 0 Å². The second-order valence-electron chi connectivity index (χ2n) is 10.1. The van der Waals surface area contributed by atoms with Gasteiger partial charge in [0.05, 0.1) is 24.2 Å². The number of rotatable bonds is 14. The van der Waals surface area contributed by atoms with Gasteiger partial charge in [-0.15, -0.1) is 11.3 Å². The molecule has 32 heavy (non-hydrogen) atoms. The monoisotopic (exact) mass is 461 g/mol. The molecule has 2 aliphatic rings. The number of hydrogen-bond donors (Lipinski definition) is 3. The summed E-state index contributed by atoms with van der Waals surface area (Å²) in [4.78, 5) is 12.0. The van der Waals surface area contributed by atoms with Crippen LogP contribution in [0.1, 0.15) is 88.3 Å². The zero-order valence-electron chi connectivity index (χ0n) is 19.1. The van der Waals surface area contributed by atoms with Crippen molar-refractivity contribution in [1.82, 2.24) is 0 Å². The van der Waals surface area contributed by atoms with Gasteiger partial charge in [0.15, 0.2) is 0 Å². The molecule has 1 heterocycles. The van der Waals surface area contributed by atoms with Crippen molar-refractivity contribution >= 4 is 17.3 Å². The maximum absolute atomic E-state index is 11.0. The number of thiophene rings is 1. The Balaban J connectivity index is 1.45. The SMILES string of the molecule is N#C[C@@H]1C[C@@H](O)[C@H](CCCC(O)C2(Cc3cccs3)CCC2)[C@H]1CCCCCCC(=O)O. The summed E-state index contributed by atoms with van der Waals surface area (Å²) in [6.45, 7) is 0. The van der Waals surface area contributed by atoms with Crippen molar-refractivity contribution in [3.63, 3.8) is 0 Å². The number of carbonyl (C=O) groups is 1. The predicted molar refractivity (Wildman–Crippen MR) is 126 cm³/mol. The summed E-state index contributed by atoms with van der Waals surface area (Å²) in [6.07, 6.45) is 11.5. The van der Waals surface area contributed by atoms with Crippen LogP contribution in [-0.2, 0) is 11.2 Å². The van der Waals surface area contributed by atoms with E-state index in [4.69, 9.17) is 5.11 Å². The van der Waals surface area contributed by atoms with E-state index in [1.54, 1.807) is 11.3 Å². The van der Waals surface area contributed by atoms with Crippen LogP contribution in [-0.4, -0.2) is 33.5 Å². The van der Waals surface area contributed by atoms with Gasteiger partial charge >= 0.3 is 5.97 Å². The van der Waals surface area contributed by atoms with Crippen molar-refractivity contribution in [2.75, 3.05) is 0 Å². The zero-order chi connectivity index (χ0) is 23.0. The van der Waals surface area contributed by atoms with Crippen molar-refractivity contribution in [2.45, 2.75) is 102 Å². The maximum atomic E-state index is 11.0. The first-order valence-corrected chi connectivity index (χ1v) is 13.3. The van der Waals surface area contributed by atoms with Crippen LogP contribution in [0.4, 0.5) is 0 Å². The van der Waals surface area contributed by atoms with Crippen LogP contribution in [0.15, 0.2) is 17.5 Å². The Labute approximate surface area is 196 Å². The summed E-state index contributed by atoms with van der Waals surface area (Å²) in [5.74, 6) is -0.471. The molecular formula is C26H39NO4S. The minimum atomic E-state index is -0.741. The third-order valence-corrected chi connectivity index (χ3v) is 8.95. The van der Waals surface area contributed by atoms with E-state index < -0.39 is 12.1 Å². The first-order chi connectivity index (χ1) is 15.4. The molecule has 1 aromatic rings. The van der Waals surface area contributed by atoms with Gasteiger partial charge in [-0.3, -0.25) is 4.79 Å². The molecule has 3 N–H and O–H groups in total. The van der Waals surface area contributed by atoms with Crippen LogP contribution in [0.3, 0.4) is 0 Å². The Hall–Kier alpha value is -1.42. The van der Waals surface area contributed by atoms with E-state index in [1.165, 1.54) is 11.3 Å². The van der Waals surface area contributed by atoms with Gasteiger partial charge in [0, 0.05) is 16.7 Å². The molecule has 178 valence electrons. The minimum absolute atomic E-state index is 0.0314. The van der Waals surface area contributed by atoms with Crippen LogP contribution in [0.25, 0.3) is 0 Å². The smallest absolute Gasteiger partial charge is 0.303 e. The summed E-state index contributed by atoms with van der Waals surface area (Å²) in [5.41, 5.74) is 0.0314. The molecule has 2 aliphatic carbocycles. The third kappa shape index (κ3) is 6.56. The van der Waals surface area contributed by atoms with Crippen LogP contribution in [0.5, 0.6) is 0 Å². The summed E-state index contributed by atoms with van der Waals surface area (Å²) in [6, 6.07) is 6.67. The number of carboxylic acids is 1. The maximum Gasteiger partial charge on any atom is 0.303 e. The Bertz CT molecular complexity index is 740. The summed E-state index contributed by atoms with van der Waals surface area (Å²) >= 11 is 1.77. The number of hydrogen-bond acceptors (Lipinski definition) is 5. The largest absolute Gasteiger partial charge is 0.481 e. The average Bonchev–Trinajstić information content (AvgIpc) is 3.35. The first-order valence-electron chi connectivity index (χ1n) is 12.4. The quantitative estimate of drug-likeness (QED) is 0.315. The third-order valence-electron chi connectivity index (χ3n) is 8.08. The molecule has 0 aliphatic heterocycles. The molecular weight excluding hydrogens is 422 g/mol. The lowest BCUT2D eigenvalue weighted by Gasteiger charge is -2.46. The molecule has 0 spiro atoms. The van der Waals surface area contributed by atoms with Crippen LogP contribution < -0.4 is 0 Å². The van der Waals surface area contributed by atoms with Crippen LogP contribution in [0, 0.1) is 34.5 Å². The Morgan fingerprint density at radius 3 is 2.56 bits per heavy atom. The molecule has 6 heteroatoms. The number of nitrogens with zero attached hydrogens (tertiary/aromatic N) is 1. The first kappa shape index (κ1) is 25.2. The van der Waals surface area contributed by atoms with Crippen LogP contribution in [0.2, 0.25) is 0 Å². The highest BCUT2D eigenvalue weighted by Crippen LogP contribution is 2.49. The lowest BCUT2D eigenvalue weighted by Crippen LogP contribution is -2.43. The molecule has 5 nitrogen and oxygen atoms in total. The number of nitriles is 1. The molecule has 0 aromatic carbocycles. The second-order valence-corrected chi connectivity index (χ2v) is 11.2.